The van der Waals surface area contributed by atoms with E-state index in [4.69, 9.17) is 4.74 Å². The number of amides is 3. The van der Waals surface area contributed by atoms with Crippen LogP contribution in [0.1, 0.15) is 26.3 Å². The quantitative estimate of drug-likeness (QED) is 0.313. The van der Waals surface area contributed by atoms with Crippen LogP contribution in [0.3, 0.4) is 0 Å². The van der Waals surface area contributed by atoms with Crippen LogP contribution in [0, 0.1) is 0 Å². The number of rotatable bonds is 9. The number of methoxy groups -OCH3 is 1. The van der Waals surface area contributed by atoms with Gasteiger partial charge < -0.3 is 24.8 Å². The number of anilines is 2. The van der Waals surface area contributed by atoms with Crippen LogP contribution in [0.25, 0.3) is 0 Å². The Balaban J connectivity index is 1.16. The molecule has 1 N–H and O–H groups in total. The number of nitrogens with one attached hydrogen (secondary N) is 1. The molecule has 4 aromatic carbocycles. The molecule has 8 nitrogen and oxygen atoms in total. The van der Waals surface area contributed by atoms with Gasteiger partial charge >= 0.3 is 0 Å². The van der Waals surface area contributed by atoms with E-state index < -0.39 is 0 Å². The largest absolute Gasteiger partial charge is 0.497 e. The number of nitrogens with zero attached hydrogens (tertiary/aromatic N) is 3. The number of hydrogen-bond acceptors (Lipinski definition) is 5. The third-order valence-corrected chi connectivity index (χ3v) is 7.28. The van der Waals surface area contributed by atoms with Crippen molar-refractivity contribution >= 4 is 29.1 Å². The van der Waals surface area contributed by atoms with Crippen LogP contribution in [0.15, 0.2) is 109 Å². The SMILES string of the molecule is COc1ccc(C(=O)N2CCN(c3ccc(NC(=O)CN(Cc4ccccc4)C(=O)c4ccccc4)cc3)CC2)cc1. The van der Waals surface area contributed by atoms with Crippen molar-refractivity contribution in [2.75, 3.05) is 50.1 Å². The van der Waals surface area contributed by atoms with E-state index in [2.05, 4.69) is 10.2 Å². The van der Waals surface area contributed by atoms with Crippen LogP contribution in [-0.2, 0) is 11.3 Å². The van der Waals surface area contributed by atoms with Crippen molar-refractivity contribution in [1.82, 2.24) is 9.80 Å². The van der Waals surface area contributed by atoms with Gasteiger partial charge in [0.1, 0.15) is 12.3 Å². The number of hydrogen-bond donors (Lipinski definition) is 1. The Kier molecular flexibility index (Phi) is 9.13. The van der Waals surface area contributed by atoms with Gasteiger partial charge in [-0.05, 0) is 66.2 Å². The molecule has 0 spiro atoms. The molecular formula is C34H34N4O4. The van der Waals surface area contributed by atoms with Gasteiger partial charge in [-0.25, -0.2) is 0 Å². The number of piperazine rings is 1. The molecular weight excluding hydrogens is 528 g/mol. The lowest BCUT2D eigenvalue weighted by Gasteiger charge is -2.36. The van der Waals surface area contributed by atoms with E-state index in [1.54, 1.807) is 48.4 Å². The Hall–Kier alpha value is -5.11. The number of ether oxygens (including phenoxy) is 1. The third kappa shape index (κ3) is 7.14. The second-order valence-corrected chi connectivity index (χ2v) is 10.1. The molecule has 0 saturated carbocycles. The second kappa shape index (κ2) is 13.5. The lowest BCUT2D eigenvalue weighted by atomic mass is 10.1. The maximum absolute atomic E-state index is 13.2. The predicted octanol–water partition coefficient (Wildman–Crippen LogP) is 4.94. The molecule has 42 heavy (non-hydrogen) atoms. The molecule has 1 saturated heterocycles. The molecule has 0 aliphatic carbocycles. The van der Waals surface area contributed by atoms with Gasteiger partial charge in [-0.15, -0.1) is 0 Å². The summed E-state index contributed by atoms with van der Waals surface area (Å²) in [6, 6.07) is 33.5. The summed E-state index contributed by atoms with van der Waals surface area (Å²) in [4.78, 5) is 44.8. The minimum atomic E-state index is -0.270. The lowest BCUT2D eigenvalue weighted by Crippen LogP contribution is -2.48. The molecule has 8 heteroatoms. The average molecular weight is 563 g/mol. The highest BCUT2D eigenvalue weighted by molar-refractivity contribution is 5.99. The normalized spacial score (nSPS) is 12.9. The van der Waals surface area contributed by atoms with Gasteiger partial charge in [0.2, 0.25) is 5.91 Å². The van der Waals surface area contributed by atoms with Crippen molar-refractivity contribution in [2.24, 2.45) is 0 Å². The molecule has 214 valence electrons. The zero-order valence-electron chi connectivity index (χ0n) is 23.6. The average Bonchev–Trinajstić information content (AvgIpc) is 3.05. The van der Waals surface area contributed by atoms with Crippen molar-refractivity contribution in [3.8, 4) is 5.75 Å². The van der Waals surface area contributed by atoms with E-state index in [0.29, 0.717) is 49.5 Å². The van der Waals surface area contributed by atoms with Crippen molar-refractivity contribution in [2.45, 2.75) is 6.54 Å². The van der Waals surface area contributed by atoms with Gasteiger partial charge in [0.25, 0.3) is 11.8 Å². The fraction of sp³-hybridized carbons (Fsp3) is 0.206. The zero-order valence-corrected chi connectivity index (χ0v) is 23.6. The summed E-state index contributed by atoms with van der Waals surface area (Å²) < 4.78 is 5.18. The Morgan fingerprint density at radius 1 is 0.738 bits per heavy atom. The van der Waals surface area contributed by atoms with E-state index in [-0.39, 0.29) is 24.3 Å². The summed E-state index contributed by atoms with van der Waals surface area (Å²) >= 11 is 0. The smallest absolute Gasteiger partial charge is 0.254 e. The minimum Gasteiger partial charge on any atom is -0.497 e. The maximum atomic E-state index is 13.2. The van der Waals surface area contributed by atoms with E-state index in [1.165, 1.54) is 0 Å². The van der Waals surface area contributed by atoms with Crippen LogP contribution in [0.5, 0.6) is 5.75 Å². The molecule has 0 aromatic heterocycles. The van der Waals surface area contributed by atoms with E-state index >= 15 is 0 Å². The van der Waals surface area contributed by atoms with Crippen LogP contribution in [0.4, 0.5) is 11.4 Å². The lowest BCUT2D eigenvalue weighted by molar-refractivity contribution is -0.117. The second-order valence-electron chi connectivity index (χ2n) is 10.1. The van der Waals surface area contributed by atoms with Crippen LogP contribution in [0.2, 0.25) is 0 Å². The van der Waals surface area contributed by atoms with Crippen LogP contribution in [-0.4, -0.2) is 67.4 Å². The summed E-state index contributed by atoms with van der Waals surface area (Å²) in [7, 11) is 1.60. The van der Waals surface area contributed by atoms with Crippen molar-refractivity contribution in [3.05, 3.63) is 126 Å². The first-order chi connectivity index (χ1) is 20.5. The van der Waals surface area contributed by atoms with Gasteiger partial charge in [-0.2, -0.15) is 0 Å². The highest BCUT2D eigenvalue weighted by Gasteiger charge is 2.23. The molecule has 0 atom stereocenters. The molecule has 0 radical (unpaired) electrons. The van der Waals surface area contributed by atoms with E-state index in [1.807, 2.05) is 77.7 Å². The third-order valence-electron chi connectivity index (χ3n) is 7.28. The van der Waals surface area contributed by atoms with Crippen molar-refractivity contribution in [1.29, 1.82) is 0 Å². The topological polar surface area (TPSA) is 82.2 Å². The van der Waals surface area contributed by atoms with Crippen LogP contribution < -0.4 is 15.0 Å². The highest BCUT2D eigenvalue weighted by atomic mass is 16.5. The van der Waals surface area contributed by atoms with Crippen LogP contribution >= 0.6 is 0 Å². The van der Waals surface area contributed by atoms with Gasteiger partial charge in [-0.3, -0.25) is 14.4 Å². The fourth-order valence-corrected chi connectivity index (χ4v) is 4.98. The Morgan fingerprint density at radius 3 is 1.98 bits per heavy atom. The summed E-state index contributed by atoms with van der Waals surface area (Å²) in [5.74, 6) is 0.270. The monoisotopic (exact) mass is 562 g/mol. The predicted molar refractivity (Wildman–Crippen MR) is 164 cm³/mol. The van der Waals surface area contributed by atoms with E-state index in [9.17, 15) is 14.4 Å². The molecule has 1 fully saturated rings. The Morgan fingerprint density at radius 2 is 1.36 bits per heavy atom. The molecule has 0 unspecified atom stereocenters. The standard InChI is InChI=1S/C34H34N4O4/c1-42-31-18-12-28(13-19-31)33(40)37-22-20-36(21-23-37)30-16-14-29(15-17-30)35-32(39)25-38(24-26-8-4-2-5-9-26)34(41)27-10-6-3-7-11-27/h2-19H,20-25H2,1H3,(H,35,39). The van der Waals surface area contributed by atoms with Gasteiger partial charge in [0, 0.05) is 55.2 Å². The first kappa shape index (κ1) is 28.4. The highest BCUT2D eigenvalue weighted by Crippen LogP contribution is 2.21. The summed E-state index contributed by atoms with van der Waals surface area (Å²) in [6.45, 7) is 2.92. The van der Waals surface area contributed by atoms with Gasteiger partial charge in [0.05, 0.1) is 7.11 Å². The van der Waals surface area contributed by atoms with Gasteiger partial charge in [0.15, 0.2) is 0 Å². The Bertz CT molecular complexity index is 1480. The van der Waals surface area contributed by atoms with Crippen molar-refractivity contribution in [3.63, 3.8) is 0 Å². The summed E-state index contributed by atoms with van der Waals surface area (Å²) in [5.41, 5.74) is 3.82. The first-order valence-electron chi connectivity index (χ1n) is 14.0. The first-order valence-corrected chi connectivity index (χ1v) is 14.0. The number of carbonyl (C=O) groups excluding carboxylic acids is 3. The minimum absolute atomic E-state index is 0.0161. The van der Waals surface area contributed by atoms with Gasteiger partial charge in [-0.1, -0.05) is 48.5 Å². The molecule has 1 heterocycles. The zero-order chi connectivity index (χ0) is 29.3. The molecule has 1 aliphatic rings. The number of benzene rings is 4. The maximum Gasteiger partial charge on any atom is 0.254 e. The molecule has 5 rings (SSSR count). The molecule has 4 aromatic rings. The van der Waals surface area contributed by atoms with E-state index in [0.717, 1.165) is 17.0 Å². The number of carbonyl (C=O) groups is 3. The molecule has 0 bridgehead atoms. The fourth-order valence-electron chi connectivity index (χ4n) is 4.98. The molecule has 3 amide bonds. The van der Waals surface area contributed by atoms with Crippen molar-refractivity contribution < 1.29 is 19.1 Å². The summed E-state index contributed by atoms with van der Waals surface area (Å²) in [5, 5.41) is 2.93. The summed E-state index contributed by atoms with van der Waals surface area (Å²) in [6.07, 6.45) is 0. The molecule has 1 aliphatic heterocycles. The Labute approximate surface area is 246 Å².